The fourth-order valence-electron chi connectivity index (χ4n) is 3.45. The second-order valence-electron chi connectivity index (χ2n) is 7.04. The predicted molar refractivity (Wildman–Crippen MR) is 113 cm³/mol. The van der Waals surface area contributed by atoms with E-state index in [0.29, 0.717) is 40.2 Å². The second kappa shape index (κ2) is 8.17. The zero-order valence-corrected chi connectivity index (χ0v) is 17.4. The van der Waals surface area contributed by atoms with Crippen LogP contribution in [0, 0.1) is 0 Å². The first-order valence-electron chi connectivity index (χ1n) is 9.52. The number of amides is 1. The fraction of sp³-hybridized carbons (Fsp3) is 0.300. The smallest absolute Gasteiger partial charge is 0.296 e. The zero-order chi connectivity index (χ0) is 20.5. The molecular weight excluding hydrogens is 426 g/mol. The number of hydrogen-bond acceptors (Lipinski definition) is 8. The quantitative estimate of drug-likeness (QED) is 0.624. The average molecular weight is 444 g/mol. The molecule has 30 heavy (non-hydrogen) atoms. The molecule has 2 atom stereocenters. The van der Waals surface area contributed by atoms with Crippen molar-refractivity contribution in [1.29, 1.82) is 0 Å². The Balaban J connectivity index is 1.25. The Morgan fingerprint density at radius 2 is 2.17 bits per heavy atom. The van der Waals surface area contributed by atoms with E-state index in [1.807, 2.05) is 12.1 Å². The molecule has 10 heteroatoms. The Labute approximate surface area is 181 Å². The molecule has 8 nitrogen and oxygen atoms in total. The Hall–Kier alpha value is -2.75. The third kappa shape index (κ3) is 4.09. The largest absolute Gasteiger partial charge is 0.464 e. The minimum absolute atomic E-state index is 0.253. The van der Waals surface area contributed by atoms with Gasteiger partial charge in [0.25, 0.3) is 11.1 Å². The van der Waals surface area contributed by atoms with Crippen LogP contribution in [0.1, 0.15) is 22.3 Å². The van der Waals surface area contributed by atoms with Crippen molar-refractivity contribution in [2.75, 3.05) is 23.4 Å². The van der Waals surface area contributed by atoms with Crippen LogP contribution in [-0.4, -0.2) is 46.4 Å². The third-order valence-electron chi connectivity index (χ3n) is 5.02. The third-order valence-corrected chi connectivity index (χ3v) is 6.02. The van der Waals surface area contributed by atoms with Crippen molar-refractivity contribution in [2.24, 2.45) is 0 Å². The molecule has 154 valence electrons. The van der Waals surface area contributed by atoms with E-state index in [2.05, 4.69) is 25.4 Å². The number of anilines is 2. The van der Waals surface area contributed by atoms with Gasteiger partial charge >= 0.3 is 0 Å². The first-order chi connectivity index (χ1) is 14.7. The lowest BCUT2D eigenvalue weighted by Gasteiger charge is -2.29. The maximum Gasteiger partial charge on any atom is 0.296 e. The molecule has 1 aliphatic heterocycles. The maximum atomic E-state index is 12.9. The number of rotatable bonds is 6. The van der Waals surface area contributed by atoms with Gasteiger partial charge in [0.2, 0.25) is 5.13 Å². The van der Waals surface area contributed by atoms with E-state index in [1.165, 1.54) is 11.3 Å². The summed E-state index contributed by atoms with van der Waals surface area (Å²) < 4.78 is 11.3. The number of carbonyl (C=O) groups excluding carboxylic acids is 1. The molecule has 0 unspecified atom stereocenters. The summed E-state index contributed by atoms with van der Waals surface area (Å²) in [6, 6.07) is 9.41. The second-order valence-corrected chi connectivity index (χ2v) is 8.42. The first-order valence-corrected chi connectivity index (χ1v) is 10.7. The normalized spacial score (nSPS) is 19.8. The van der Waals surface area contributed by atoms with E-state index in [9.17, 15) is 4.79 Å². The summed E-state index contributed by atoms with van der Waals surface area (Å²) in [7, 11) is 0. The topological polar surface area (TPSA) is 89.5 Å². The summed E-state index contributed by atoms with van der Waals surface area (Å²) in [4.78, 5) is 19.3. The van der Waals surface area contributed by atoms with Gasteiger partial charge in [0.15, 0.2) is 0 Å². The van der Waals surface area contributed by atoms with Crippen molar-refractivity contribution in [1.82, 2.24) is 15.2 Å². The first kappa shape index (κ1) is 19.2. The van der Waals surface area contributed by atoms with Gasteiger partial charge in [0.1, 0.15) is 6.61 Å². The van der Waals surface area contributed by atoms with Gasteiger partial charge in [-0.25, -0.2) is 0 Å². The van der Waals surface area contributed by atoms with Crippen molar-refractivity contribution in [2.45, 2.75) is 25.2 Å². The molecule has 2 aromatic heterocycles. The number of pyridine rings is 1. The molecule has 1 N–H and O–H groups in total. The van der Waals surface area contributed by atoms with E-state index in [4.69, 9.17) is 21.1 Å². The van der Waals surface area contributed by atoms with Crippen LogP contribution in [0.15, 0.2) is 42.7 Å². The lowest BCUT2D eigenvalue weighted by molar-refractivity contribution is 0.100. The Morgan fingerprint density at radius 1 is 1.30 bits per heavy atom. The van der Waals surface area contributed by atoms with E-state index in [-0.39, 0.29) is 12.0 Å². The van der Waals surface area contributed by atoms with Crippen molar-refractivity contribution in [3.8, 4) is 5.19 Å². The number of nitrogens with zero attached hydrogens (tertiary/aromatic N) is 4. The van der Waals surface area contributed by atoms with E-state index >= 15 is 0 Å². The van der Waals surface area contributed by atoms with Gasteiger partial charge in [-0.2, -0.15) is 0 Å². The van der Waals surface area contributed by atoms with Crippen LogP contribution >= 0.6 is 22.9 Å². The lowest BCUT2D eigenvalue weighted by atomic mass is 10.2. The van der Waals surface area contributed by atoms with Crippen molar-refractivity contribution < 1.29 is 14.3 Å². The van der Waals surface area contributed by atoms with E-state index in [1.54, 1.807) is 30.6 Å². The number of carbonyl (C=O) groups is 1. The minimum Gasteiger partial charge on any atom is -0.464 e. The van der Waals surface area contributed by atoms with Gasteiger partial charge in [-0.3, -0.25) is 15.1 Å². The maximum absolute atomic E-state index is 12.9. The molecule has 1 amide bonds. The summed E-state index contributed by atoms with van der Waals surface area (Å²) in [5.74, 6) is -0.253. The monoisotopic (exact) mass is 443 g/mol. The Bertz CT molecular complexity index is 1060. The highest BCUT2D eigenvalue weighted by Crippen LogP contribution is 2.38. The molecule has 0 spiro atoms. The fourth-order valence-corrected chi connectivity index (χ4v) is 4.17. The molecule has 1 saturated carbocycles. The van der Waals surface area contributed by atoms with Crippen LogP contribution < -0.4 is 15.0 Å². The van der Waals surface area contributed by atoms with Crippen LogP contribution in [0.5, 0.6) is 5.19 Å². The number of halogens is 1. The molecule has 1 aromatic carbocycles. The molecule has 2 fully saturated rings. The molecule has 0 bridgehead atoms. The highest BCUT2D eigenvalue weighted by atomic mass is 35.5. The van der Waals surface area contributed by atoms with Crippen LogP contribution in [0.3, 0.4) is 0 Å². The molecule has 5 rings (SSSR count). The number of morpholine rings is 1. The van der Waals surface area contributed by atoms with Gasteiger partial charge < -0.3 is 14.4 Å². The Kier molecular flexibility index (Phi) is 5.24. The van der Waals surface area contributed by atoms with Crippen molar-refractivity contribution >= 4 is 39.7 Å². The number of hydrogen-bond donors (Lipinski definition) is 1. The minimum atomic E-state index is -0.253. The van der Waals surface area contributed by atoms with Crippen LogP contribution in [0.4, 0.5) is 10.8 Å². The van der Waals surface area contributed by atoms with Gasteiger partial charge in [0, 0.05) is 17.8 Å². The number of aromatic nitrogens is 3. The van der Waals surface area contributed by atoms with Crippen LogP contribution in [0.2, 0.25) is 5.02 Å². The van der Waals surface area contributed by atoms with Crippen molar-refractivity contribution in [3.05, 3.63) is 58.9 Å². The molecule has 1 aliphatic carbocycles. The summed E-state index contributed by atoms with van der Waals surface area (Å²) in [5.41, 5.74) is 2.33. The van der Waals surface area contributed by atoms with Gasteiger partial charge in [-0.15, -0.1) is 5.10 Å². The SMILES string of the molecule is O=C(Nc1nnc(OCc2ccc(Cl)cc2)s1)c1ccncc1N1CCO[C@@H]2C[C@@H]21. The van der Waals surface area contributed by atoms with Crippen LogP contribution in [-0.2, 0) is 11.3 Å². The van der Waals surface area contributed by atoms with Gasteiger partial charge in [0.05, 0.1) is 36.2 Å². The molecule has 1 saturated heterocycles. The summed E-state index contributed by atoms with van der Waals surface area (Å²) in [6.07, 6.45) is 4.60. The van der Waals surface area contributed by atoms with Crippen molar-refractivity contribution in [3.63, 3.8) is 0 Å². The number of benzene rings is 1. The van der Waals surface area contributed by atoms with E-state index < -0.39 is 0 Å². The molecule has 3 heterocycles. The average Bonchev–Trinajstić information content (AvgIpc) is 3.44. The number of fused-ring (bicyclic) bond motifs is 1. The molecule has 2 aliphatic rings. The highest BCUT2D eigenvalue weighted by molar-refractivity contribution is 7.17. The summed E-state index contributed by atoms with van der Waals surface area (Å²) >= 11 is 7.06. The summed E-state index contributed by atoms with van der Waals surface area (Å²) in [6.45, 7) is 1.74. The summed E-state index contributed by atoms with van der Waals surface area (Å²) in [5, 5.41) is 12.2. The predicted octanol–water partition coefficient (Wildman–Crippen LogP) is 3.40. The molecule has 0 radical (unpaired) electrons. The highest BCUT2D eigenvalue weighted by Gasteiger charge is 2.46. The lowest BCUT2D eigenvalue weighted by Crippen LogP contribution is -2.38. The number of nitrogens with one attached hydrogen (secondary N) is 1. The van der Waals surface area contributed by atoms with Gasteiger partial charge in [-0.1, -0.05) is 28.8 Å². The standard InChI is InChI=1S/C20H18ClN5O3S/c21-13-3-1-12(2-4-13)11-29-20-25-24-19(30-20)23-18(27)14-5-6-22-10-16(14)26-7-8-28-17-9-15(17)26/h1-6,10,15,17H,7-9,11H2,(H,23,24,27)/t15-,17+/m0/s1. The van der Waals surface area contributed by atoms with E-state index in [0.717, 1.165) is 24.2 Å². The molecule has 3 aromatic rings. The number of ether oxygens (including phenoxy) is 2. The Morgan fingerprint density at radius 3 is 3.03 bits per heavy atom. The van der Waals surface area contributed by atoms with Gasteiger partial charge in [-0.05, 0) is 41.5 Å². The zero-order valence-electron chi connectivity index (χ0n) is 15.8. The van der Waals surface area contributed by atoms with Crippen LogP contribution in [0.25, 0.3) is 0 Å². The molecular formula is C20H18ClN5O3S.